The Morgan fingerprint density at radius 2 is 1.38 bits per heavy atom. The highest BCUT2D eigenvalue weighted by Crippen LogP contribution is 2.23. The van der Waals surface area contributed by atoms with Crippen LogP contribution in [-0.4, -0.2) is 91.8 Å². The normalized spacial score (nSPS) is 25.6. The lowest BCUT2D eigenvalue weighted by Gasteiger charge is -2.40. The van der Waals surface area contributed by atoms with Gasteiger partial charge in [-0.2, -0.15) is 4.21 Å². The quantitative estimate of drug-likeness (QED) is 0.0753. The number of carbonyl (C=O) groups is 1. The molecule has 1 aliphatic heterocycles. The summed E-state index contributed by atoms with van der Waals surface area (Å²) < 4.78 is 39.3. The third kappa shape index (κ3) is 16.1. The van der Waals surface area contributed by atoms with E-state index in [0.717, 1.165) is 19.3 Å². The maximum Gasteiger partial charge on any atom is 0.305 e. The molecule has 37 heavy (non-hydrogen) atoms. The number of aliphatic hydroxyl groups excluding tert-OH is 4. The van der Waals surface area contributed by atoms with Gasteiger partial charge in [-0.3, -0.25) is 13.5 Å². The molecule has 7 atom stereocenters. The molecule has 0 bridgehead atoms. The van der Waals surface area contributed by atoms with Gasteiger partial charge in [0.25, 0.3) is 0 Å². The van der Waals surface area contributed by atoms with Crippen molar-refractivity contribution in [3.05, 3.63) is 0 Å². The molecule has 1 heterocycles. The van der Waals surface area contributed by atoms with E-state index in [1.807, 2.05) is 0 Å². The second-order valence-electron chi connectivity index (χ2n) is 9.68. The summed E-state index contributed by atoms with van der Waals surface area (Å²) in [6, 6.07) is 0. The van der Waals surface area contributed by atoms with Crippen molar-refractivity contribution in [3.63, 3.8) is 0 Å². The van der Waals surface area contributed by atoms with Crippen LogP contribution in [0.4, 0.5) is 0 Å². The van der Waals surface area contributed by atoms with Crippen LogP contribution in [0.3, 0.4) is 0 Å². The van der Waals surface area contributed by atoms with Crippen LogP contribution < -0.4 is 0 Å². The van der Waals surface area contributed by atoms with Gasteiger partial charge in [-0.1, -0.05) is 84.0 Å². The molecule has 0 saturated carbocycles. The van der Waals surface area contributed by atoms with E-state index < -0.39 is 60.7 Å². The molecule has 1 saturated heterocycles. The zero-order chi connectivity index (χ0) is 27.5. The number of hydrogen-bond acceptors (Lipinski definition) is 10. The minimum atomic E-state index is -2.60. The zero-order valence-electron chi connectivity index (χ0n) is 22.1. The maximum atomic E-state index is 11.9. The van der Waals surface area contributed by atoms with Crippen molar-refractivity contribution in [3.8, 4) is 0 Å². The van der Waals surface area contributed by atoms with Crippen molar-refractivity contribution in [1.82, 2.24) is 0 Å². The third-order valence-corrected chi connectivity index (χ3v) is 6.71. The first-order valence-electron chi connectivity index (χ1n) is 13.6. The minimum absolute atomic E-state index is 0.272. The van der Waals surface area contributed by atoms with E-state index in [1.54, 1.807) is 0 Å². The van der Waals surface area contributed by atoms with E-state index in [-0.39, 0.29) is 19.6 Å². The smallest absolute Gasteiger partial charge is 0.305 e. The van der Waals surface area contributed by atoms with Crippen molar-refractivity contribution in [2.75, 3.05) is 19.8 Å². The molecule has 5 N–H and O–H groups in total. The molecular formula is C25H48O11S. The van der Waals surface area contributed by atoms with Gasteiger partial charge in [0, 0.05) is 6.42 Å². The third-order valence-electron chi connectivity index (χ3n) is 6.38. The Balaban J connectivity index is 2.07. The summed E-state index contributed by atoms with van der Waals surface area (Å²) in [6.07, 6.45) is 7.31. The summed E-state index contributed by atoms with van der Waals surface area (Å²) in [5, 5.41) is 39.8. The number of ether oxygens (including phenoxy) is 3. The SMILES string of the molecule is CCCCCCCCCCCCCCCC(=O)OC[C@H](O)CO[C@H]1O[C@H](COS(=O)O)[C@@H](O)[C@H](O)[C@H]1O. The number of esters is 1. The number of carbonyl (C=O) groups excluding carboxylic acids is 1. The van der Waals surface area contributed by atoms with Gasteiger partial charge in [-0.05, 0) is 6.42 Å². The van der Waals surface area contributed by atoms with Gasteiger partial charge in [-0.15, -0.1) is 0 Å². The number of aliphatic hydroxyl groups is 4. The second kappa shape index (κ2) is 21.2. The van der Waals surface area contributed by atoms with E-state index in [9.17, 15) is 29.4 Å². The minimum Gasteiger partial charge on any atom is -0.463 e. The number of hydrogen-bond donors (Lipinski definition) is 5. The first-order valence-corrected chi connectivity index (χ1v) is 14.7. The predicted molar refractivity (Wildman–Crippen MR) is 137 cm³/mol. The highest BCUT2D eigenvalue weighted by molar-refractivity contribution is 7.74. The van der Waals surface area contributed by atoms with Gasteiger partial charge in [0.15, 0.2) is 6.29 Å². The summed E-state index contributed by atoms with van der Waals surface area (Å²) in [5.41, 5.74) is 0. The second-order valence-corrected chi connectivity index (χ2v) is 10.3. The Bertz CT molecular complexity index is 609. The molecule has 220 valence electrons. The molecular weight excluding hydrogens is 508 g/mol. The lowest BCUT2D eigenvalue weighted by atomic mass is 9.99. The van der Waals surface area contributed by atoms with Crippen LogP contribution >= 0.6 is 0 Å². The highest BCUT2D eigenvalue weighted by Gasteiger charge is 2.44. The summed E-state index contributed by atoms with van der Waals surface area (Å²) >= 11 is -2.60. The molecule has 1 rings (SSSR count). The van der Waals surface area contributed by atoms with E-state index in [2.05, 4.69) is 11.1 Å². The van der Waals surface area contributed by atoms with Gasteiger partial charge in [-0.25, -0.2) is 0 Å². The van der Waals surface area contributed by atoms with Gasteiger partial charge in [0.2, 0.25) is 0 Å². The maximum absolute atomic E-state index is 11.9. The predicted octanol–water partition coefficient (Wildman–Crippen LogP) is 2.35. The van der Waals surface area contributed by atoms with Crippen LogP contribution in [0.5, 0.6) is 0 Å². The van der Waals surface area contributed by atoms with Crippen molar-refractivity contribution < 1.29 is 52.4 Å². The van der Waals surface area contributed by atoms with Crippen LogP contribution in [0.15, 0.2) is 0 Å². The number of rotatable bonds is 22. The monoisotopic (exact) mass is 556 g/mol. The molecule has 0 spiro atoms. The fraction of sp³-hybridized carbons (Fsp3) is 0.960. The van der Waals surface area contributed by atoms with Gasteiger partial charge >= 0.3 is 17.3 Å². The van der Waals surface area contributed by atoms with Gasteiger partial charge in [0.1, 0.15) is 37.1 Å². The summed E-state index contributed by atoms with van der Waals surface area (Å²) in [5.74, 6) is -0.413. The van der Waals surface area contributed by atoms with Crippen LogP contribution in [-0.2, 0) is 34.5 Å². The Hall–Kier alpha value is -0.700. The standard InChI is InChI=1S/C25H48O11S/c1-2-3-4-5-6-7-8-9-10-11-12-13-14-15-21(27)33-16-19(26)17-34-25-24(30)23(29)22(28)20(36-25)18-35-37(31)32/h19-20,22-26,28-30H,2-18H2,1H3,(H,31,32)/t19-,20+,22+,23-,24+,25-/m0/s1. The topological polar surface area (TPSA) is 172 Å². The lowest BCUT2D eigenvalue weighted by molar-refractivity contribution is -0.303. The first-order chi connectivity index (χ1) is 17.8. The molecule has 0 amide bonds. The number of unbranched alkanes of at least 4 members (excludes halogenated alkanes) is 12. The van der Waals surface area contributed by atoms with Crippen molar-refractivity contribution in [2.24, 2.45) is 0 Å². The van der Waals surface area contributed by atoms with Gasteiger partial charge < -0.3 is 34.6 Å². The molecule has 1 unspecified atom stereocenters. The Labute approximate surface area is 223 Å². The summed E-state index contributed by atoms with van der Waals surface area (Å²) in [4.78, 5) is 11.9. The molecule has 1 aliphatic rings. The molecule has 0 aromatic carbocycles. The van der Waals surface area contributed by atoms with E-state index in [1.165, 1.54) is 64.2 Å². The molecule has 0 aromatic heterocycles. The van der Waals surface area contributed by atoms with Crippen LogP contribution in [0.1, 0.15) is 96.8 Å². The van der Waals surface area contributed by atoms with Gasteiger partial charge in [0.05, 0.1) is 13.2 Å². The lowest BCUT2D eigenvalue weighted by Crippen LogP contribution is -2.59. The molecule has 1 fully saturated rings. The molecule has 0 aromatic rings. The average Bonchev–Trinajstić information content (AvgIpc) is 2.87. The zero-order valence-corrected chi connectivity index (χ0v) is 22.9. The average molecular weight is 557 g/mol. The van der Waals surface area contributed by atoms with Crippen molar-refractivity contribution >= 4 is 17.3 Å². The van der Waals surface area contributed by atoms with Crippen molar-refractivity contribution in [2.45, 2.75) is 134 Å². The van der Waals surface area contributed by atoms with Crippen LogP contribution in [0.25, 0.3) is 0 Å². The van der Waals surface area contributed by atoms with Crippen LogP contribution in [0.2, 0.25) is 0 Å². The van der Waals surface area contributed by atoms with E-state index >= 15 is 0 Å². The Kier molecular flexibility index (Phi) is 19.6. The highest BCUT2D eigenvalue weighted by atomic mass is 32.2. The molecule has 11 nitrogen and oxygen atoms in total. The van der Waals surface area contributed by atoms with E-state index in [4.69, 9.17) is 18.8 Å². The summed E-state index contributed by atoms with van der Waals surface area (Å²) in [6.45, 7) is 1.01. The Morgan fingerprint density at radius 1 is 0.838 bits per heavy atom. The van der Waals surface area contributed by atoms with E-state index in [0.29, 0.717) is 0 Å². The Morgan fingerprint density at radius 3 is 1.92 bits per heavy atom. The van der Waals surface area contributed by atoms with Crippen molar-refractivity contribution in [1.29, 1.82) is 0 Å². The van der Waals surface area contributed by atoms with Crippen LogP contribution in [0, 0.1) is 0 Å². The fourth-order valence-corrected chi connectivity index (χ4v) is 4.37. The summed E-state index contributed by atoms with van der Waals surface area (Å²) in [7, 11) is 0. The molecule has 12 heteroatoms. The first kappa shape index (κ1) is 34.3. The fourth-order valence-electron chi connectivity index (χ4n) is 4.12. The molecule has 0 aliphatic carbocycles. The largest absolute Gasteiger partial charge is 0.463 e. The molecule has 0 radical (unpaired) electrons.